The zero-order chi connectivity index (χ0) is 8.91. The molecule has 0 radical (unpaired) electrons. The summed E-state index contributed by atoms with van der Waals surface area (Å²) in [5.74, 6) is -0.431. The molecular weight excluding hydrogens is 148 g/mol. The number of carbonyl (C=O) groups is 2. The van der Waals surface area contributed by atoms with Crippen LogP contribution in [0.5, 0.6) is 0 Å². The highest BCUT2D eigenvalue weighted by atomic mass is 16.5. The molecular formula is C7H12O4. The Bertz CT molecular complexity index is 151. The highest BCUT2D eigenvalue weighted by Gasteiger charge is 2.26. The Hall–Kier alpha value is -0.740. The van der Waals surface area contributed by atoms with Gasteiger partial charge >= 0.3 is 0 Å². The zero-order valence-corrected chi connectivity index (χ0v) is 6.66. The summed E-state index contributed by atoms with van der Waals surface area (Å²) < 4.78 is 4.85. The molecule has 0 aliphatic carbocycles. The molecule has 0 bridgehead atoms. The lowest BCUT2D eigenvalue weighted by atomic mass is 10.0. The summed E-state index contributed by atoms with van der Waals surface area (Å²) >= 11 is 0. The molecule has 0 amide bonds. The van der Waals surface area contributed by atoms with Gasteiger partial charge < -0.3 is 14.6 Å². The van der Waals surface area contributed by atoms with Gasteiger partial charge in [-0.3, -0.25) is 4.79 Å². The van der Waals surface area contributed by atoms with Crippen LogP contribution in [0, 0.1) is 0 Å². The van der Waals surface area contributed by atoms with E-state index in [9.17, 15) is 9.59 Å². The van der Waals surface area contributed by atoms with Gasteiger partial charge in [0.2, 0.25) is 0 Å². The molecule has 0 aromatic heterocycles. The number of ether oxygens (including phenoxy) is 1. The number of aldehydes is 1. The summed E-state index contributed by atoms with van der Waals surface area (Å²) in [6.45, 7) is 2.33. The maximum absolute atomic E-state index is 10.8. The summed E-state index contributed by atoms with van der Waals surface area (Å²) in [7, 11) is 0. The van der Waals surface area contributed by atoms with Gasteiger partial charge in [0.25, 0.3) is 0 Å². The summed E-state index contributed by atoms with van der Waals surface area (Å²) in [6, 6.07) is 0. The lowest BCUT2D eigenvalue weighted by molar-refractivity contribution is -0.144. The van der Waals surface area contributed by atoms with E-state index in [1.54, 1.807) is 0 Å². The third-order valence-electron chi connectivity index (χ3n) is 1.33. The van der Waals surface area contributed by atoms with E-state index in [0.717, 1.165) is 0 Å². The van der Waals surface area contributed by atoms with E-state index in [1.165, 1.54) is 13.8 Å². The topological polar surface area (TPSA) is 63.6 Å². The molecule has 0 fully saturated rings. The lowest BCUT2D eigenvalue weighted by Gasteiger charge is -2.20. The first-order chi connectivity index (χ1) is 5.04. The SMILES string of the molecule is CC(C)(OCC=O)C(=O)CO. The van der Waals surface area contributed by atoms with Crippen molar-refractivity contribution in [3.63, 3.8) is 0 Å². The van der Waals surface area contributed by atoms with E-state index in [2.05, 4.69) is 0 Å². The largest absolute Gasteiger partial charge is 0.388 e. The molecule has 4 nitrogen and oxygen atoms in total. The molecule has 0 unspecified atom stereocenters. The van der Waals surface area contributed by atoms with E-state index in [0.29, 0.717) is 6.29 Å². The van der Waals surface area contributed by atoms with Crippen LogP contribution in [0.25, 0.3) is 0 Å². The smallest absolute Gasteiger partial charge is 0.189 e. The van der Waals surface area contributed by atoms with Crippen molar-refractivity contribution < 1.29 is 19.4 Å². The third kappa shape index (κ3) is 3.25. The summed E-state index contributed by atoms with van der Waals surface area (Å²) in [4.78, 5) is 20.7. The fourth-order valence-electron chi connectivity index (χ4n) is 0.513. The molecule has 0 rings (SSSR count). The molecule has 1 N–H and O–H groups in total. The van der Waals surface area contributed by atoms with Crippen molar-refractivity contribution in [1.29, 1.82) is 0 Å². The van der Waals surface area contributed by atoms with Crippen LogP contribution in [0.15, 0.2) is 0 Å². The van der Waals surface area contributed by atoms with Crippen molar-refractivity contribution in [2.45, 2.75) is 19.4 Å². The molecule has 0 aromatic rings. The predicted molar refractivity (Wildman–Crippen MR) is 38.2 cm³/mol. The average Bonchev–Trinajstić information content (AvgIpc) is 1.99. The molecule has 0 aliphatic rings. The van der Waals surface area contributed by atoms with Crippen molar-refractivity contribution in [2.24, 2.45) is 0 Å². The van der Waals surface area contributed by atoms with Gasteiger partial charge in [-0.1, -0.05) is 0 Å². The fraction of sp³-hybridized carbons (Fsp3) is 0.714. The second kappa shape index (κ2) is 4.20. The van der Waals surface area contributed by atoms with Crippen LogP contribution >= 0.6 is 0 Å². The van der Waals surface area contributed by atoms with E-state index in [4.69, 9.17) is 9.84 Å². The van der Waals surface area contributed by atoms with Crippen molar-refractivity contribution in [3.8, 4) is 0 Å². The Labute approximate surface area is 65.2 Å². The number of carbonyl (C=O) groups excluding carboxylic acids is 2. The van der Waals surface area contributed by atoms with Crippen molar-refractivity contribution in [3.05, 3.63) is 0 Å². The second-order valence-corrected chi connectivity index (χ2v) is 2.57. The summed E-state index contributed by atoms with van der Waals surface area (Å²) in [6.07, 6.45) is 0.562. The maximum Gasteiger partial charge on any atom is 0.189 e. The van der Waals surface area contributed by atoms with Gasteiger partial charge in [0, 0.05) is 0 Å². The van der Waals surface area contributed by atoms with E-state index in [1.807, 2.05) is 0 Å². The average molecular weight is 160 g/mol. The summed E-state index contributed by atoms with van der Waals surface area (Å²) in [5, 5.41) is 8.45. The van der Waals surface area contributed by atoms with Gasteiger partial charge in [-0.25, -0.2) is 0 Å². The van der Waals surface area contributed by atoms with Crippen LogP contribution in [0.4, 0.5) is 0 Å². The number of ketones is 1. The molecule has 0 aromatic carbocycles. The van der Waals surface area contributed by atoms with Gasteiger partial charge in [-0.05, 0) is 13.8 Å². The Balaban J connectivity index is 3.97. The molecule has 0 saturated heterocycles. The normalized spacial score (nSPS) is 11.2. The molecule has 0 atom stereocenters. The molecule has 0 heterocycles. The first kappa shape index (κ1) is 10.3. The van der Waals surface area contributed by atoms with Gasteiger partial charge in [-0.15, -0.1) is 0 Å². The molecule has 0 spiro atoms. The predicted octanol–water partition coefficient (Wildman–Crippen LogP) is -0.458. The van der Waals surface area contributed by atoms with Crippen LogP contribution in [0.2, 0.25) is 0 Å². The Morgan fingerprint density at radius 3 is 2.55 bits per heavy atom. The molecule has 64 valence electrons. The molecule has 0 saturated carbocycles. The minimum Gasteiger partial charge on any atom is -0.388 e. The van der Waals surface area contributed by atoms with Crippen molar-refractivity contribution >= 4 is 12.1 Å². The maximum atomic E-state index is 10.8. The van der Waals surface area contributed by atoms with Crippen LogP contribution in [-0.4, -0.2) is 36.0 Å². The number of aliphatic hydroxyl groups excluding tert-OH is 1. The molecule has 11 heavy (non-hydrogen) atoms. The van der Waals surface area contributed by atoms with Crippen LogP contribution < -0.4 is 0 Å². The van der Waals surface area contributed by atoms with Crippen LogP contribution in [0.1, 0.15) is 13.8 Å². The van der Waals surface area contributed by atoms with Crippen LogP contribution in [-0.2, 0) is 14.3 Å². The minimum absolute atomic E-state index is 0.126. The van der Waals surface area contributed by atoms with Gasteiger partial charge in [-0.2, -0.15) is 0 Å². The Morgan fingerprint density at radius 2 is 2.18 bits per heavy atom. The number of aliphatic hydroxyl groups is 1. The molecule has 0 aliphatic heterocycles. The highest BCUT2D eigenvalue weighted by molar-refractivity contribution is 5.87. The number of hydrogen-bond donors (Lipinski definition) is 1. The van der Waals surface area contributed by atoms with E-state index >= 15 is 0 Å². The van der Waals surface area contributed by atoms with E-state index in [-0.39, 0.29) is 6.61 Å². The summed E-state index contributed by atoms with van der Waals surface area (Å²) in [5.41, 5.74) is -1.06. The van der Waals surface area contributed by atoms with Gasteiger partial charge in [0.1, 0.15) is 25.1 Å². The zero-order valence-electron chi connectivity index (χ0n) is 6.66. The second-order valence-electron chi connectivity index (χ2n) is 2.57. The van der Waals surface area contributed by atoms with Crippen LogP contribution in [0.3, 0.4) is 0 Å². The van der Waals surface area contributed by atoms with E-state index < -0.39 is 18.0 Å². The third-order valence-corrected chi connectivity index (χ3v) is 1.33. The fourth-order valence-corrected chi connectivity index (χ4v) is 0.513. The number of rotatable bonds is 5. The minimum atomic E-state index is -1.06. The first-order valence-electron chi connectivity index (χ1n) is 3.26. The standard InChI is InChI=1S/C7H12O4/c1-7(2,6(10)5-9)11-4-3-8/h3,9H,4-5H2,1-2H3. The molecule has 4 heteroatoms. The number of hydrogen-bond acceptors (Lipinski definition) is 4. The lowest BCUT2D eigenvalue weighted by Crippen LogP contribution is -2.37. The quantitative estimate of drug-likeness (QED) is 0.553. The number of Topliss-reactive ketones (excluding diaryl/α,β-unsaturated/α-hetero) is 1. The Morgan fingerprint density at radius 1 is 1.64 bits per heavy atom. The highest BCUT2D eigenvalue weighted by Crippen LogP contribution is 2.08. The van der Waals surface area contributed by atoms with Crippen molar-refractivity contribution in [1.82, 2.24) is 0 Å². The Kier molecular flexibility index (Phi) is 3.92. The van der Waals surface area contributed by atoms with Gasteiger partial charge in [0.05, 0.1) is 0 Å². The van der Waals surface area contributed by atoms with Crippen molar-refractivity contribution in [2.75, 3.05) is 13.2 Å². The van der Waals surface area contributed by atoms with Gasteiger partial charge in [0.15, 0.2) is 5.78 Å². The monoisotopic (exact) mass is 160 g/mol. The first-order valence-corrected chi connectivity index (χ1v) is 3.26.